The lowest BCUT2D eigenvalue weighted by Crippen LogP contribution is -2.31. The Morgan fingerprint density at radius 3 is 3.06 bits per heavy atom. The summed E-state index contributed by atoms with van der Waals surface area (Å²) in [5.41, 5.74) is 2.54. The molecule has 2 rings (SSSR count). The van der Waals surface area contributed by atoms with Gasteiger partial charge in [-0.3, -0.25) is 4.79 Å². The van der Waals surface area contributed by atoms with E-state index in [1.807, 2.05) is 12.1 Å². The lowest BCUT2D eigenvalue weighted by Gasteiger charge is -2.26. The molecule has 1 aromatic rings. The second kappa shape index (κ2) is 6.52. The van der Waals surface area contributed by atoms with Gasteiger partial charge in [0, 0.05) is 13.2 Å². The Labute approximate surface area is 107 Å². The van der Waals surface area contributed by atoms with Gasteiger partial charge in [0.25, 0.3) is 0 Å². The first-order valence-electron chi connectivity index (χ1n) is 6.27. The average Bonchev–Trinajstić information content (AvgIpc) is 2.39. The molecule has 0 fully saturated rings. The van der Waals surface area contributed by atoms with Crippen LogP contribution in [0.1, 0.15) is 23.6 Å². The summed E-state index contributed by atoms with van der Waals surface area (Å²) in [5.74, 6) is -0.179. The Morgan fingerprint density at radius 2 is 2.22 bits per heavy atom. The molecule has 0 radical (unpaired) electrons. The molecule has 0 aromatic heterocycles. The van der Waals surface area contributed by atoms with Crippen LogP contribution in [-0.2, 0) is 20.7 Å². The van der Waals surface area contributed by atoms with Crippen LogP contribution in [0.3, 0.4) is 0 Å². The van der Waals surface area contributed by atoms with E-state index in [0.717, 1.165) is 13.0 Å². The van der Waals surface area contributed by atoms with Crippen LogP contribution in [0.5, 0.6) is 0 Å². The van der Waals surface area contributed by atoms with Gasteiger partial charge in [-0.25, -0.2) is 0 Å². The number of esters is 1. The Balaban J connectivity index is 1.92. The van der Waals surface area contributed by atoms with Crippen molar-refractivity contribution in [1.82, 2.24) is 5.32 Å². The van der Waals surface area contributed by atoms with Crippen molar-refractivity contribution in [3.8, 4) is 0 Å². The average molecular weight is 249 g/mol. The Kier molecular flexibility index (Phi) is 4.73. The molecule has 0 amide bonds. The first-order chi connectivity index (χ1) is 8.81. The minimum absolute atomic E-state index is 0.0741. The third-order valence-electron chi connectivity index (χ3n) is 3.14. The monoisotopic (exact) mass is 249 g/mol. The fourth-order valence-corrected chi connectivity index (χ4v) is 2.24. The smallest absolute Gasteiger partial charge is 0.307 e. The number of carbonyl (C=O) groups is 1. The summed E-state index contributed by atoms with van der Waals surface area (Å²) in [4.78, 5) is 11.7. The highest BCUT2D eigenvalue weighted by molar-refractivity contribution is 5.70. The van der Waals surface area contributed by atoms with E-state index in [-0.39, 0.29) is 12.0 Å². The van der Waals surface area contributed by atoms with Gasteiger partial charge in [0.05, 0.1) is 13.0 Å². The molecular formula is C14H19NO3. The highest BCUT2D eigenvalue weighted by Gasteiger charge is 2.22. The van der Waals surface area contributed by atoms with E-state index in [9.17, 15) is 4.79 Å². The van der Waals surface area contributed by atoms with E-state index >= 15 is 0 Å². The van der Waals surface area contributed by atoms with Crippen molar-refractivity contribution in [2.75, 3.05) is 26.9 Å². The molecule has 1 aromatic carbocycles. The number of ether oxygens (including phenoxy) is 2. The van der Waals surface area contributed by atoms with Gasteiger partial charge in [0.2, 0.25) is 0 Å². The van der Waals surface area contributed by atoms with Crippen LogP contribution in [0.2, 0.25) is 0 Å². The van der Waals surface area contributed by atoms with Crippen LogP contribution in [0.15, 0.2) is 24.3 Å². The van der Waals surface area contributed by atoms with Crippen molar-refractivity contribution < 1.29 is 14.3 Å². The quantitative estimate of drug-likeness (QED) is 0.634. The van der Waals surface area contributed by atoms with Crippen molar-refractivity contribution in [2.45, 2.75) is 18.9 Å². The molecule has 1 N–H and O–H groups in total. The molecule has 0 aliphatic carbocycles. The Bertz CT molecular complexity index is 406. The van der Waals surface area contributed by atoms with Gasteiger partial charge in [-0.1, -0.05) is 24.3 Å². The van der Waals surface area contributed by atoms with Crippen molar-refractivity contribution in [2.24, 2.45) is 0 Å². The molecule has 4 heteroatoms. The lowest BCUT2D eigenvalue weighted by molar-refractivity contribution is -0.145. The van der Waals surface area contributed by atoms with Crippen LogP contribution in [-0.4, -0.2) is 32.8 Å². The number of carbonyl (C=O) groups excluding carboxylic acids is 1. The zero-order valence-electron chi connectivity index (χ0n) is 10.6. The zero-order valence-corrected chi connectivity index (χ0v) is 10.6. The predicted molar refractivity (Wildman–Crippen MR) is 68.3 cm³/mol. The largest absolute Gasteiger partial charge is 0.463 e. The minimum atomic E-state index is -0.179. The number of rotatable bonds is 5. The van der Waals surface area contributed by atoms with E-state index in [2.05, 4.69) is 17.4 Å². The minimum Gasteiger partial charge on any atom is -0.463 e. The van der Waals surface area contributed by atoms with Gasteiger partial charge in [0.1, 0.15) is 6.61 Å². The SMILES string of the molecule is COCCOC(=O)C[C@H]1NCCc2ccccc21. The van der Waals surface area contributed by atoms with E-state index in [0.29, 0.717) is 19.6 Å². The molecule has 1 aliphatic rings. The Hall–Kier alpha value is -1.39. The highest BCUT2D eigenvalue weighted by Crippen LogP contribution is 2.25. The number of hydrogen-bond acceptors (Lipinski definition) is 4. The van der Waals surface area contributed by atoms with Gasteiger partial charge in [-0.2, -0.15) is 0 Å². The maximum Gasteiger partial charge on any atom is 0.307 e. The molecule has 4 nitrogen and oxygen atoms in total. The van der Waals surface area contributed by atoms with Crippen molar-refractivity contribution in [3.05, 3.63) is 35.4 Å². The first-order valence-corrected chi connectivity index (χ1v) is 6.27. The van der Waals surface area contributed by atoms with Crippen molar-refractivity contribution in [3.63, 3.8) is 0 Å². The molecule has 1 aliphatic heterocycles. The molecule has 18 heavy (non-hydrogen) atoms. The molecule has 1 atom stereocenters. The molecule has 0 saturated heterocycles. The topological polar surface area (TPSA) is 47.6 Å². The van der Waals surface area contributed by atoms with E-state index in [1.165, 1.54) is 11.1 Å². The van der Waals surface area contributed by atoms with Gasteiger partial charge in [-0.05, 0) is 24.1 Å². The second-order valence-corrected chi connectivity index (χ2v) is 4.37. The number of nitrogens with one attached hydrogen (secondary N) is 1. The maximum atomic E-state index is 11.7. The second-order valence-electron chi connectivity index (χ2n) is 4.37. The van der Waals surface area contributed by atoms with E-state index < -0.39 is 0 Å². The van der Waals surface area contributed by atoms with E-state index in [4.69, 9.17) is 9.47 Å². The molecule has 0 unspecified atom stereocenters. The van der Waals surface area contributed by atoms with Gasteiger partial charge in [-0.15, -0.1) is 0 Å². The third kappa shape index (κ3) is 3.31. The van der Waals surface area contributed by atoms with Crippen LogP contribution in [0.25, 0.3) is 0 Å². The number of hydrogen-bond donors (Lipinski definition) is 1. The standard InChI is InChI=1S/C14H19NO3/c1-17-8-9-18-14(16)10-13-12-5-3-2-4-11(12)6-7-15-13/h2-5,13,15H,6-10H2,1H3/t13-/m1/s1. The van der Waals surface area contributed by atoms with Crippen LogP contribution >= 0.6 is 0 Å². The summed E-state index contributed by atoms with van der Waals surface area (Å²) < 4.78 is 9.94. The van der Waals surface area contributed by atoms with Crippen molar-refractivity contribution >= 4 is 5.97 Å². The summed E-state index contributed by atoms with van der Waals surface area (Å²) in [7, 11) is 1.59. The zero-order chi connectivity index (χ0) is 12.8. The van der Waals surface area contributed by atoms with Gasteiger partial charge >= 0.3 is 5.97 Å². The summed E-state index contributed by atoms with van der Waals surface area (Å²) in [6, 6.07) is 8.33. The maximum absolute atomic E-state index is 11.7. The van der Waals surface area contributed by atoms with Crippen LogP contribution < -0.4 is 5.32 Å². The summed E-state index contributed by atoms with van der Waals surface area (Å²) in [6.45, 7) is 1.68. The van der Waals surface area contributed by atoms with Gasteiger partial charge in [0.15, 0.2) is 0 Å². The molecule has 98 valence electrons. The van der Waals surface area contributed by atoms with Gasteiger partial charge < -0.3 is 14.8 Å². The molecule has 0 bridgehead atoms. The van der Waals surface area contributed by atoms with Crippen LogP contribution in [0, 0.1) is 0 Å². The number of methoxy groups -OCH3 is 1. The fourth-order valence-electron chi connectivity index (χ4n) is 2.24. The molecule has 0 saturated carbocycles. The number of benzene rings is 1. The molecule has 1 heterocycles. The summed E-state index contributed by atoms with van der Waals surface area (Å²) >= 11 is 0. The summed E-state index contributed by atoms with van der Waals surface area (Å²) in [5, 5.41) is 3.36. The normalized spacial score (nSPS) is 18.2. The van der Waals surface area contributed by atoms with E-state index in [1.54, 1.807) is 7.11 Å². The number of fused-ring (bicyclic) bond motifs is 1. The highest BCUT2D eigenvalue weighted by atomic mass is 16.6. The predicted octanol–water partition coefficient (Wildman–Crippen LogP) is 1.45. The Morgan fingerprint density at radius 1 is 1.39 bits per heavy atom. The fraction of sp³-hybridized carbons (Fsp3) is 0.500. The van der Waals surface area contributed by atoms with Crippen molar-refractivity contribution in [1.29, 1.82) is 0 Å². The lowest BCUT2D eigenvalue weighted by atomic mass is 9.93. The summed E-state index contributed by atoms with van der Waals surface area (Å²) in [6.07, 6.45) is 1.39. The van der Waals surface area contributed by atoms with Crippen LogP contribution in [0.4, 0.5) is 0 Å². The molecular weight excluding hydrogens is 230 g/mol. The first kappa shape index (κ1) is 13.1. The molecule has 0 spiro atoms. The third-order valence-corrected chi connectivity index (χ3v) is 3.14.